The quantitative estimate of drug-likeness (QED) is 0.834. The van der Waals surface area contributed by atoms with Crippen LogP contribution in [0.5, 0.6) is 0 Å². The van der Waals surface area contributed by atoms with Gasteiger partial charge in [-0.3, -0.25) is 0 Å². The van der Waals surface area contributed by atoms with Gasteiger partial charge in [0.25, 0.3) is 0 Å². The largest absolute Gasteiger partial charge is 0.388 e. The molecule has 2 atom stereocenters. The lowest BCUT2D eigenvalue weighted by Gasteiger charge is -2.30. The highest BCUT2D eigenvalue weighted by Gasteiger charge is 2.23. The lowest BCUT2D eigenvalue weighted by Crippen LogP contribution is -2.46. The molecular formula is C17H28N2O. The van der Waals surface area contributed by atoms with Crippen molar-refractivity contribution in [2.45, 2.75) is 37.7 Å². The van der Waals surface area contributed by atoms with Crippen molar-refractivity contribution in [1.82, 2.24) is 10.2 Å². The van der Waals surface area contributed by atoms with Crippen molar-refractivity contribution < 1.29 is 5.11 Å². The molecule has 0 fully saturated rings. The average Bonchev–Trinajstić information content (AvgIpc) is 2.37. The fourth-order valence-corrected chi connectivity index (χ4v) is 3.32. The molecule has 0 radical (unpaired) electrons. The highest BCUT2D eigenvalue weighted by molar-refractivity contribution is 5.32. The number of nitrogens with zero attached hydrogens (tertiary/aromatic N) is 1. The maximum absolute atomic E-state index is 10.3. The minimum absolute atomic E-state index is 0.593. The molecule has 1 aliphatic rings. The van der Waals surface area contributed by atoms with Crippen LogP contribution in [-0.4, -0.2) is 49.3 Å². The van der Waals surface area contributed by atoms with E-state index in [-0.39, 0.29) is 0 Å². The number of hydrogen-bond acceptors (Lipinski definition) is 3. The normalized spacial score (nSPS) is 21.6. The molecule has 2 N–H and O–H groups in total. The summed E-state index contributed by atoms with van der Waals surface area (Å²) in [7, 11) is 3.98. The van der Waals surface area contributed by atoms with E-state index in [1.807, 2.05) is 25.9 Å². The Morgan fingerprint density at radius 3 is 2.85 bits per heavy atom. The number of likely N-dealkylation sites (N-methyl/N-ethyl adjacent to an activating group) is 1. The van der Waals surface area contributed by atoms with E-state index < -0.39 is 5.60 Å². The smallest absolute Gasteiger partial charge is 0.0869 e. The summed E-state index contributed by atoms with van der Waals surface area (Å²) in [5, 5.41) is 13.8. The maximum atomic E-state index is 10.3. The van der Waals surface area contributed by atoms with Gasteiger partial charge in [-0.1, -0.05) is 24.3 Å². The number of benzene rings is 1. The van der Waals surface area contributed by atoms with Crippen molar-refractivity contribution in [2.24, 2.45) is 0 Å². The molecular weight excluding hydrogens is 248 g/mol. The molecule has 0 heterocycles. The van der Waals surface area contributed by atoms with Crippen molar-refractivity contribution in [3.05, 3.63) is 35.4 Å². The first-order valence-electron chi connectivity index (χ1n) is 7.63. The predicted molar refractivity (Wildman–Crippen MR) is 84.2 cm³/mol. The molecule has 0 aromatic heterocycles. The number of aryl methyl sites for hydroxylation is 1. The third kappa shape index (κ3) is 4.30. The summed E-state index contributed by atoms with van der Waals surface area (Å²) in [5.74, 6) is 0.593. The Bertz CT molecular complexity index is 429. The molecule has 3 heteroatoms. The fourth-order valence-electron chi connectivity index (χ4n) is 3.32. The lowest BCUT2D eigenvalue weighted by atomic mass is 9.83. The highest BCUT2D eigenvalue weighted by atomic mass is 16.3. The number of aliphatic hydroxyl groups is 1. The monoisotopic (exact) mass is 276 g/mol. The average molecular weight is 276 g/mol. The summed E-state index contributed by atoms with van der Waals surface area (Å²) in [6.45, 7) is 4.18. The molecule has 20 heavy (non-hydrogen) atoms. The van der Waals surface area contributed by atoms with Crippen LogP contribution >= 0.6 is 0 Å². The summed E-state index contributed by atoms with van der Waals surface area (Å²) in [5.41, 5.74) is 2.33. The van der Waals surface area contributed by atoms with Gasteiger partial charge in [-0.15, -0.1) is 0 Å². The highest BCUT2D eigenvalue weighted by Crippen LogP contribution is 2.30. The van der Waals surface area contributed by atoms with Crippen LogP contribution in [0.1, 0.15) is 36.8 Å². The molecule has 112 valence electrons. The number of nitrogens with one attached hydrogen (secondary N) is 1. The van der Waals surface area contributed by atoms with Crippen molar-refractivity contribution in [3.63, 3.8) is 0 Å². The van der Waals surface area contributed by atoms with Gasteiger partial charge in [-0.2, -0.15) is 0 Å². The molecule has 2 unspecified atom stereocenters. The first-order chi connectivity index (χ1) is 9.48. The van der Waals surface area contributed by atoms with Gasteiger partial charge in [0.1, 0.15) is 0 Å². The predicted octanol–water partition coefficient (Wildman–Crippen LogP) is 2.01. The van der Waals surface area contributed by atoms with Crippen LogP contribution in [0, 0.1) is 0 Å². The Morgan fingerprint density at radius 2 is 2.10 bits per heavy atom. The fraction of sp³-hybridized carbons (Fsp3) is 0.647. The van der Waals surface area contributed by atoms with E-state index >= 15 is 0 Å². The second-order valence-electron chi connectivity index (χ2n) is 6.65. The molecule has 0 spiro atoms. The molecule has 0 saturated heterocycles. The zero-order chi connectivity index (χ0) is 14.6. The van der Waals surface area contributed by atoms with Gasteiger partial charge in [0, 0.05) is 19.6 Å². The molecule has 0 aliphatic heterocycles. The van der Waals surface area contributed by atoms with E-state index in [9.17, 15) is 5.11 Å². The lowest BCUT2D eigenvalue weighted by molar-refractivity contribution is 0.0336. The third-order valence-electron chi connectivity index (χ3n) is 4.05. The summed E-state index contributed by atoms with van der Waals surface area (Å²) < 4.78 is 0. The summed E-state index contributed by atoms with van der Waals surface area (Å²) in [4.78, 5) is 2.03. The molecule has 1 aromatic rings. The Kier molecular flexibility index (Phi) is 5.19. The molecule has 3 nitrogen and oxygen atoms in total. The van der Waals surface area contributed by atoms with Crippen LogP contribution in [0.2, 0.25) is 0 Å². The zero-order valence-electron chi connectivity index (χ0n) is 13.0. The van der Waals surface area contributed by atoms with E-state index in [1.54, 1.807) is 0 Å². The van der Waals surface area contributed by atoms with Crippen LogP contribution < -0.4 is 5.32 Å². The van der Waals surface area contributed by atoms with E-state index in [4.69, 9.17) is 0 Å². The summed E-state index contributed by atoms with van der Waals surface area (Å²) >= 11 is 0. The number of rotatable bonds is 6. The van der Waals surface area contributed by atoms with Gasteiger partial charge in [-0.05, 0) is 57.3 Å². The van der Waals surface area contributed by atoms with Crippen LogP contribution in [0.15, 0.2) is 24.3 Å². The number of fused-ring (bicyclic) bond motifs is 1. The SMILES string of the molecule is CN(C)CC(C)(O)CNCC1CCCc2ccccc21. The Hall–Kier alpha value is -0.900. The van der Waals surface area contributed by atoms with E-state index in [0.717, 1.165) is 6.54 Å². The molecule has 1 aromatic carbocycles. The Balaban J connectivity index is 1.86. The van der Waals surface area contributed by atoms with Gasteiger partial charge in [0.2, 0.25) is 0 Å². The van der Waals surface area contributed by atoms with Gasteiger partial charge in [0.15, 0.2) is 0 Å². The van der Waals surface area contributed by atoms with E-state index in [2.05, 4.69) is 29.6 Å². The Morgan fingerprint density at radius 1 is 1.35 bits per heavy atom. The molecule has 2 rings (SSSR count). The Labute approximate surface area is 123 Å². The van der Waals surface area contributed by atoms with Gasteiger partial charge in [0.05, 0.1) is 5.60 Å². The standard InChI is InChI=1S/C17H28N2O/c1-17(20,13-19(2)3)12-18-11-15-9-6-8-14-7-4-5-10-16(14)15/h4-5,7,10,15,18,20H,6,8-9,11-13H2,1-3H3. The topological polar surface area (TPSA) is 35.5 Å². The zero-order valence-corrected chi connectivity index (χ0v) is 13.0. The van der Waals surface area contributed by atoms with Crippen LogP contribution in [-0.2, 0) is 6.42 Å². The third-order valence-corrected chi connectivity index (χ3v) is 4.05. The van der Waals surface area contributed by atoms with Gasteiger partial charge < -0.3 is 15.3 Å². The van der Waals surface area contributed by atoms with Crippen LogP contribution in [0.3, 0.4) is 0 Å². The van der Waals surface area contributed by atoms with Gasteiger partial charge >= 0.3 is 0 Å². The number of hydrogen-bond donors (Lipinski definition) is 2. The van der Waals surface area contributed by atoms with E-state index in [0.29, 0.717) is 19.0 Å². The second kappa shape index (κ2) is 6.70. The minimum atomic E-state index is -0.669. The van der Waals surface area contributed by atoms with Crippen molar-refractivity contribution >= 4 is 0 Å². The maximum Gasteiger partial charge on any atom is 0.0869 e. The summed E-state index contributed by atoms with van der Waals surface area (Å²) in [6, 6.07) is 8.79. The molecule has 0 amide bonds. The minimum Gasteiger partial charge on any atom is -0.388 e. The van der Waals surface area contributed by atoms with Crippen molar-refractivity contribution in [3.8, 4) is 0 Å². The van der Waals surface area contributed by atoms with E-state index in [1.165, 1.54) is 30.4 Å². The summed E-state index contributed by atoms with van der Waals surface area (Å²) in [6.07, 6.45) is 3.74. The van der Waals surface area contributed by atoms with Crippen molar-refractivity contribution in [2.75, 3.05) is 33.7 Å². The van der Waals surface area contributed by atoms with Crippen molar-refractivity contribution in [1.29, 1.82) is 0 Å². The van der Waals surface area contributed by atoms with Crippen LogP contribution in [0.25, 0.3) is 0 Å². The first-order valence-corrected chi connectivity index (χ1v) is 7.63. The van der Waals surface area contributed by atoms with Crippen LogP contribution in [0.4, 0.5) is 0 Å². The molecule has 0 saturated carbocycles. The second-order valence-corrected chi connectivity index (χ2v) is 6.65. The first kappa shape index (κ1) is 15.5. The molecule has 0 bridgehead atoms. The molecule has 1 aliphatic carbocycles. The van der Waals surface area contributed by atoms with Gasteiger partial charge in [-0.25, -0.2) is 0 Å².